The summed E-state index contributed by atoms with van der Waals surface area (Å²) in [6.07, 6.45) is 15.8. The van der Waals surface area contributed by atoms with Crippen LogP contribution in [0.4, 0.5) is 0 Å². The summed E-state index contributed by atoms with van der Waals surface area (Å²) in [6, 6.07) is 0. The van der Waals surface area contributed by atoms with Gasteiger partial charge in [-0.25, -0.2) is 0 Å². The minimum atomic E-state index is -0.0583. The van der Waals surface area contributed by atoms with Gasteiger partial charge in [0.25, 0.3) is 0 Å². The molecule has 0 aromatic heterocycles. The van der Waals surface area contributed by atoms with Crippen molar-refractivity contribution in [2.24, 2.45) is 5.92 Å². The molecule has 0 rings (SSSR count). The highest BCUT2D eigenvalue weighted by atomic mass is 16.5. The number of unbranched alkanes of at least 4 members (excludes halogenated alkanes) is 10. The highest BCUT2D eigenvalue weighted by Gasteiger charge is 2.18. The summed E-state index contributed by atoms with van der Waals surface area (Å²) in [4.78, 5) is 23.4. The van der Waals surface area contributed by atoms with Crippen LogP contribution < -0.4 is 0 Å². The standard InChI is InChI=1S/C24H46O4/c1-6-22(24(26)28-21(4)5)18-16-14-12-10-8-7-9-11-13-15-17-19-23(25)27-20(2)3/h20-22H,6-19H2,1-5H3. The topological polar surface area (TPSA) is 52.6 Å². The summed E-state index contributed by atoms with van der Waals surface area (Å²) >= 11 is 0. The molecule has 1 atom stereocenters. The molecular formula is C24H46O4. The minimum absolute atomic E-state index is 0.00181. The Kier molecular flexibility index (Phi) is 17.3. The average molecular weight is 399 g/mol. The summed E-state index contributed by atoms with van der Waals surface area (Å²) < 4.78 is 10.5. The van der Waals surface area contributed by atoms with Gasteiger partial charge in [-0.15, -0.1) is 0 Å². The van der Waals surface area contributed by atoms with Crippen molar-refractivity contribution < 1.29 is 19.1 Å². The van der Waals surface area contributed by atoms with E-state index in [1.54, 1.807) is 0 Å². The van der Waals surface area contributed by atoms with Crippen LogP contribution in [0.5, 0.6) is 0 Å². The van der Waals surface area contributed by atoms with Crippen LogP contribution in [0.25, 0.3) is 0 Å². The molecule has 0 saturated carbocycles. The number of esters is 2. The first-order chi connectivity index (χ1) is 13.4. The van der Waals surface area contributed by atoms with Gasteiger partial charge in [0, 0.05) is 6.42 Å². The molecule has 0 aromatic rings. The monoisotopic (exact) mass is 398 g/mol. The van der Waals surface area contributed by atoms with E-state index in [-0.39, 0.29) is 30.1 Å². The maximum absolute atomic E-state index is 11.9. The lowest BCUT2D eigenvalue weighted by atomic mass is 9.97. The molecule has 0 aliphatic rings. The van der Waals surface area contributed by atoms with Crippen molar-refractivity contribution in [3.05, 3.63) is 0 Å². The summed E-state index contributed by atoms with van der Waals surface area (Å²) in [5, 5.41) is 0. The van der Waals surface area contributed by atoms with E-state index < -0.39 is 0 Å². The SMILES string of the molecule is CCC(CCCCCCCCCCCCCC(=O)OC(C)C)C(=O)OC(C)C. The maximum atomic E-state index is 11.9. The van der Waals surface area contributed by atoms with Gasteiger partial charge in [-0.1, -0.05) is 71.1 Å². The molecule has 4 nitrogen and oxygen atoms in total. The van der Waals surface area contributed by atoms with Crippen LogP contribution in [0.15, 0.2) is 0 Å². The first-order valence-electron chi connectivity index (χ1n) is 11.8. The third kappa shape index (κ3) is 17.1. The van der Waals surface area contributed by atoms with Crippen molar-refractivity contribution >= 4 is 11.9 Å². The fourth-order valence-corrected chi connectivity index (χ4v) is 3.39. The van der Waals surface area contributed by atoms with E-state index in [4.69, 9.17) is 9.47 Å². The van der Waals surface area contributed by atoms with Crippen LogP contribution in [0.1, 0.15) is 125 Å². The zero-order valence-electron chi connectivity index (χ0n) is 19.3. The van der Waals surface area contributed by atoms with Crippen molar-refractivity contribution in [2.75, 3.05) is 0 Å². The Morgan fingerprint density at radius 1 is 0.643 bits per heavy atom. The van der Waals surface area contributed by atoms with Crippen LogP contribution in [-0.4, -0.2) is 24.1 Å². The average Bonchev–Trinajstić information content (AvgIpc) is 2.60. The normalized spacial score (nSPS) is 12.4. The van der Waals surface area contributed by atoms with Gasteiger partial charge in [-0.2, -0.15) is 0 Å². The third-order valence-electron chi connectivity index (χ3n) is 4.98. The molecule has 0 aliphatic carbocycles. The Labute approximate surface area is 174 Å². The van der Waals surface area contributed by atoms with Crippen LogP contribution >= 0.6 is 0 Å². The number of rotatable bonds is 18. The fraction of sp³-hybridized carbons (Fsp3) is 0.917. The zero-order chi connectivity index (χ0) is 21.2. The van der Waals surface area contributed by atoms with Crippen LogP contribution in [0, 0.1) is 5.92 Å². The molecule has 0 fully saturated rings. The zero-order valence-corrected chi connectivity index (χ0v) is 19.3. The number of hydrogen-bond donors (Lipinski definition) is 0. The predicted octanol–water partition coefficient (Wildman–Crippen LogP) is 6.99. The van der Waals surface area contributed by atoms with Crippen molar-refractivity contribution in [3.8, 4) is 0 Å². The molecular weight excluding hydrogens is 352 g/mol. The Morgan fingerprint density at radius 3 is 1.50 bits per heavy atom. The van der Waals surface area contributed by atoms with Crippen molar-refractivity contribution in [3.63, 3.8) is 0 Å². The number of carbonyl (C=O) groups excluding carboxylic acids is 2. The summed E-state index contributed by atoms with van der Waals surface area (Å²) in [7, 11) is 0. The lowest BCUT2D eigenvalue weighted by Gasteiger charge is -2.16. The van der Waals surface area contributed by atoms with Crippen LogP contribution in [0.2, 0.25) is 0 Å². The van der Waals surface area contributed by atoms with E-state index in [1.807, 2.05) is 27.7 Å². The predicted molar refractivity (Wildman–Crippen MR) is 116 cm³/mol. The van der Waals surface area contributed by atoms with E-state index >= 15 is 0 Å². The minimum Gasteiger partial charge on any atom is -0.463 e. The molecule has 0 bridgehead atoms. The lowest BCUT2D eigenvalue weighted by molar-refractivity contribution is -0.153. The smallest absolute Gasteiger partial charge is 0.309 e. The Balaban J connectivity index is 3.39. The lowest BCUT2D eigenvalue weighted by Crippen LogP contribution is -2.20. The highest BCUT2D eigenvalue weighted by molar-refractivity contribution is 5.72. The Bertz CT molecular complexity index is 390. The second kappa shape index (κ2) is 18.0. The molecule has 0 amide bonds. The van der Waals surface area contributed by atoms with Gasteiger partial charge >= 0.3 is 11.9 Å². The second-order valence-electron chi connectivity index (χ2n) is 8.56. The first kappa shape index (κ1) is 26.9. The molecule has 0 saturated heterocycles. The van der Waals surface area contributed by atoms with Gasteiger partial charge in [0.15, 0.2) is 0 Å². The van der Waals surface area contributed by atoms with Crippen molar-refractivity contribution in [1.82, 2.24) is 0 Å². The fourth-order valence-electron chi connectivity index (χ4n) is 3.39. The highest BCUT2D eigenvalue weighted by Crippen LogP contribution is 2.18. The second-order valence-corrected chi connectivity index (χ2v) is 8.56. The number of ether oxygens (including phenoxy) is 2. The van der Waals surface area contributed by atoms with Gasteiger partial charge < -0.3 is 9.47 Å². The molecule has 0 heterocycles. The summed E-state index contributed by atoms with van der Waals surface area (Å²) in [5.74, 6) is 0.000940. The number of carbonyl (C=O) groups is 2. The largest absolute Gasteiger partial charge is 0.463 e. The number of hydrogen-bond acceptors (Lipinski definition) is 4. The molecule has 166 valence electrons. The molecule has 28 heavy (non-hydrogen) atoms. The summed E-state index contributed by atoms with van der Waals surface area (Å²) in [5.41, 5.74) is 0. The molecule has 1 unspecified atom stereocenters. The third-order valence-corrected chi connectivity index (χ3v) is 4.98. The van der Waals surface area contributed by atoms with Gasteiger partial charge in [0.2, 0.25) is 0 Å². The van der Waals surface area contributed by atoms with Crippen LogP contribution in [0.3, 0.4) is 0 Å². The molecule has 0 N–H and O–H groups in total. The molecule has 0 aliphatic heterocycles. The molecule has 0 radical (unpaired) electrons. The van der Waals surface area contributed by atoms with E-state index in [0.29, 0.717) is 6.42 Å². The molecule has 0 aromatic carbocycles. The maximum Gasteiger partial charge on any atom is 0.309 e. The summed E-state index contributed by atoms with van der Waals surface area (Å²) in [6.45, 7) is 9.68. The van der Waals surface area contributed by atoms with E-state index in [0.717, 1.165) is 32.1 Å². The van der Waals surface area contributed by atoms with Gasteiger partial charge in [0.05, 0.1) is 18.1 Å². The van der Waals surface area contributed by atoms with Gasteiger partial charge in [0.1, 0.15) is 0 Å². The first-order valence-corrected chi connectivity index (χ1v) is 11.8. The Hall–Kier alpha value is -1.06. The van der Waals surface area contributed by atoms with E-state index in [1.165, 1.54) is 51.4 Å². The molecule has 4 heteroatoms. The quantitative estimate of drug-likeness (QED) is 0.184. The molecule has 0 spiro atoms. The van der Waals surface area contributed by atoms with E-state index in [9.17, 15) is 9.59 Å². The van der Waals surface area contributed by atoms with Gasteiger partial charge in [-0.3, -0.25) is 9.59 Å². The van der Waals surface area contributed by atoms with Gasteiger partial charge in [-0.05, 0) is 47.0 Å². The van der Waals surface area contributed by atoms with Crippen molar-refractivity contribution in [2.45, 2.75) is 137 Å². The Morgan fingerprint density at radius 2 is 1.07 bits per heavy atom. The van der Waals surface area contributed by atoms with Crippen molar-refractivity contribution in [1.29, 1.82) is 0 Å². The van der Waals surface area contributed by atoms with E-state index in [2.05, 4.69) is 6.92 Å². The van der Waals surface area contributed by atoms with Crippen LogP contribution in [-0.2, 0) is 19.1 Å².